The topological polar surface area (TPSA) is 33.3 Å². The monoisotopic (exact) mass is 306 g/mol. The summed E-state index contributed by atoms with van der Waals surface area (Å²) in [6, 6.07) is 7.95. The Morgan fingerprint density at radius 2 is 2.14 bits per heavy atom. The van der Waals surface area contributed by atoms with Gasteiger partial charge in [0.1, 0.15) is 5.82 Å². The summed E-state index contributed by atoms with van der Waals surface area (Å²) in [6.45, 7) is 5.80. The zero-order valence-electron chi connectivity index (χ0n) is 13.4. The number of benzene rings is 1. The van der Waals surface area contributed by atoms with E-state index in [-0.39, 0.29) is 5.82 Å². The molecule has 22 heavy (non-hydrogen) atoms. The summed E-state index contributed by atoms with van der Waals surface area (Å²) in [5.74, 6) is 0.904. The first-order valence-electron chi connectivity index (χ1n) is 8.54. The molecule has 1 saturated heterocycles. The molecule has 2 aliphatic rings. The molecular weight excluding hydrogens is 279 g/mol. The first-order chi connectivity index (χ1) is 10.7. The average Bonchev–Trinajstić information content (AvgIpc) is 3.02. The summed E-state index contributed by atoms with van der Waals surface area (Å²) < 4.78 is 18.6. The molecule has 1 aromatic carbocycles. The predicted octanol–water partition coefficient (Wildman–Crippen LogP) is 2.68. The molecule has 3 nitrogen and oxygen atoms in total. The lowest BCUT2D eigenvalue weighted by molar-refractivity contribution is 0.0525. The fraction of sp³-hybridized carbons (Fsp3) is 0.667. The highest BCUT2D eigenvalue weighted by molar-refractivity contribution is 5.20. The molecule has 4 unspecified atom stereocenters. The summed E-state index contributed by atoms with van der Waals surface area (Å²) in [5.41, 5.74) is 1.20. The molecule has 2 N–H and O–H groups in total. The van der Waals surface area contributed by atoms with Crippen LogP contribution in [-0.2, 0) is 4.74 Å². The van der Waals surface area contributed by atoms with Crippen LogP contribution < -0.4 is 10.6 Å². The van der Waals surface area contributed by atoms with Crippen LogP contribution in [0.3, 0.4) is 0 Å². The average molecular weight is 306 g/mol. The lowest BCUT2D eigenvalue weighted by atomic mass is 9.93. The molecule has 4 atom stereocenters. The molecule has 1 aliphatic heterocycles. The number of rotatable bonds is 5. The van der Waals surface area contributed by atoms with E-state index in [2.05, 4.69) is 17.6 Å². The fourth-order valence-corrected chi connectivity index (χ4v) is 3.82. The van der Waals surface area contributed by atoms with Gasteiger partial charge in [0.05, 0.1) is 13.2 Å². The lowest BCUT2D eigenvalue weighted by Crippen LogP contribution is -2.51. The van der Waals surface area contributed by atoms with Crippen molar-refractivity contribution in [2.75, 3.05) is 26.3 Å². The van der Waals surface area contributed by atoms with Gasteiger partial charge in [0.2, 0.25) is 0 Å². The Kier molecular flexibility index (Phi) is 5.45. The standard InChI is InChI=1S/C18H27FN2O/c1-13(14-5-7-15(19)8-6-14)11-21-17-4-2-3-16(17)18-12-22-10-9-20-18/h5-8,13,16-18,20-21H,2-4,9-12H2,1H3. The van der Waals surface area contributed by atoms with E-state index in [0.717, 1.165) is 26.3 Å². The van der Waals surface area contributed by atoms with Gasteiger partial charge in [0, 0.05) is 25.2 Å². The summed E-state index contributed by atoms with van der Waals surface area (Å²) in [5, 5.41) is 7.36. The van der Waals surface area contributed by atoms with Crippen molar-refractivity contribution < 1.29 is 9.13 Å². The maximum Gasteiger partial charge on any atom is 0.123 e. The zero-order chi connectivity index (χ0) is 15.4. The summed E-state index contributed by atoms with van der Waals surface area (Å²) in [7, 11) is 0. The molecule has 0 aromatic heterocycles. The Morgan fingerprint density at radius 1 is 1.32 bits per heavy atom. The van der Waals surface area contributed by atoms with Gasteiger partial charge >= 0.3 is 0 Å². The second kappa shape index (κ2) is 7.53. The smallest absolute Gasteiger partial charge is 0.123 e. The van der Waals surface area contributed by atoms with Crippen LogP contribution in [0.4, 0.5) is 4.39 Å². The molecule has 0 radical (unpaired) electrons. The van der Waals surface area contributed by atoms with Crippen molar-refractivity contribution >= 4 is 0 Å². The SMILES string of the molecule is CC(CNC1CCCC1C1COCCN1)c1ccc(F)cc1. The van der Waals surface area contributed by atoms with Gasteiger partial charge in [-0.3, -0.25) is 0 Å². The van der Waals surface area contributed by atoms with Gasteiger partial charge in [0.15, 0.2) is 0 Å². The van der Waals surface area contributed by atoms with Crippen LogP contribution in [0.1, 0.15) is 37.7 Å². The predicted molar refractivity (Wildman–Crippen MR) is 86.6 cm³/mol. The van der Waals surface area contributed by atoms with Gasteiger partial charge in [-0.15, -0.1) is 0 Å². The third-order valence-corrected chi connectivity index (χ3v) is 5.16. The van der Waals surface area contributed by atoms with E-state index >= 15 is 0 Å². The number of nitrogens with one attached hydrogen (secondary N) is 2. The number of halogens is 1. The van der Waals surface area contributed by atoms with E-state index in [1.54, 1.807) is 12.1 Å². The molecule has 1 saturated carbocycles. The third-order valence-electron chi connectivity index (χ3n) is 5.16. The molecule has 122 valence electrons. The lowest BCUT2D eigenvalue weighted by Gasteiger charge is -2.33. The Morgan fingerprint density at radius 3 is 2.86 bits per heavy atom. The Hall–Kier alpha value is -0.970. The van der Waals surface area contributed by atoms with Crippen molar-refractivity contribution in [2.24, 2.45) is 5.92 Å². The second-order valence-electron chi connectivity index (χ2n) is 6.70. The summed E-state index contributed by atoms with van der Waals surface area (Å²) in [6.07, 6.45) is 3.83. The van der Waals surface area contributed by atoms with E-state index in [9.17, 15) is 4.39 Å². The molecule has 4 heteroatoms. The first-order valence-corrected chi connectivity index (χ1v) is 8.54. The molecule has 3 rings (SSSR count). The van der Waals surface area contributed by atoms with E-state index in [1.165, 1.54) is 24.8 Å². The molecular formula is C18H27FN2O. The molecule has 0 spiro atoms. The van der Waals surface area contributed by atoms with Crippen LogP contribution >= 0.6 is 0 Å². The highest BCUT2D eigenvalue weighted by Gasteiger charge is 2.34. The molecule has 1 aromatic rings. The van der Waals surface area contributed by atoms with Crippen LogP contribution in [0, 0.1) is 11.7 Å². The van der Waals surface area contributed by atoms with Crippen molar-refractivity contribution in [3.8, 4) is 0 Å². The number of hydrogen-bond acceptors (Lipinski definition) is 3. The number of morpholine rings is 1. The van der Waals surface area contributed by atoms with Crippen LogP contribution in [-0.4, -0.2) is 38.4 Å². The molecule has 1 heterocycles. The van der Waals surface area contributed by atoms with Crippen molar-refractivity contribution in [1.29, 1.82) is 0 Å². The fourth-order valence-electron chi connectivity index (χ4n) is 3.82. The van der Waals surface area contributed by atoms with Crippen LogP contribution in [0.5, 0.6) is 0 Å². The summed E-state index contributed by atoms with van der Waals surface area (Å²) in [4.78, 5) is 0. The van der Waals surface area contributed by atoms with Gasteiger partial charge in [-0.1, -0.05) is 25.5 Å². The van der Waals surface area contributed by atoms with Crippen LogP contribution in [0.25, 0.3) is 0 Å². The Balaban J connectivity index is 1.52. The highest BCUT2D eigenvalue weighted by Crippen LogP contribution is 2.30. The van der Waals surface area contributed by atoms with E-state index in [0.29, 0.717) is 23.9 Å². The molecule has 0 amide bonds. The minimum Gasteiger partial charge on any atom is -0.379 e. The Labute approximate surface area is 132 Å². The number of ether oxygens (including phenoxy) is 1. The van der Waals surface area contributed by atoms with E-state index in [4.69, 9.17) is 4.74 Å². The van der Waals surface area contributed by atoms with Crippen molar-refractivity contribution in [3.63, 3.8) is 0 Å². The van der Waals surface area contributed by atoms with Crippen LogP contribution in [0.2, 0.25) is 0 Å². The van der Waals surface area contributed by atoms with Crippen molar-refractivity contribution in [3.05, 3.63) is 35.6 Å². The summed E-state index contributed by atoms with van der Waals surface area (Å²) >= 11 is 0. The highest BCUT2D eigenvalue weighted by atomic mass is 19.1. The molecule has 1 aliphatic carbocycles. The normalized spacial score (nSPS) is 30.4. The second-order valence-corrected chi connectivity index (χ2v) is 6.70. The zero-order valence-corrected chi connectivity index (χ0v) is 13.4. The van der Waals surface area contributed by atoms with Gasteiger partial charge < -0.3 is 15.4 Å². The minimum absolute atomic E-state index is 0.164. The quantitative estimate of drug-likeness (QED) is 0.877. The first kappa shape index (κ1) is 15.9. The maximum atomic E-state index is 13.0. The number of hydrogen-bond donors (Lipinski definition) is 2. The Bertz CT molecular complexity index is 459. The van der Waals surface area contributed by atoms with Crippen molar-refractivity contribution in [1.82, 2.24) is 10.6 Å². The van der Waals surface area contributed by atoms with E-state index < -0.39 is 0 Å². The van der Waals surface area contributed by atoms with Gasteiger partial charge in [-0.2, -0.15) is 0 Å². The van der Waals surface area contributed by atoms with Crippen molar-refractivity contribution in [2.45, 2.75) is 44.2 Å². The molecule has 0 bridgehead atoms. The molecule has 2 fully saturated rings. The van der Waals surface area contributed by atoms with Gasteiger partial charge in [0.25, 0.3) is 0 Å². The van der Waals surface area contributed by atoms with Gasteiger partial charge in [-0.25, -0.2) is 4.39 Å². The van der Waals surface area contributed by atoms with E-state index in [1.807, 2.05) is 12.1 Å². The minimum atomic E-state index is -0.164. The van der Waals surface area contributed by atoms with Crippen LogP contribution in [0.15, 0.2) is 24.3 Å². The van der Waals surface area contributed by atoms with Gasteiger partial charge in [-0.05, 0) is 42.4 Å². The largest absolute Gasteiger partial charge is 0.379 e. The maximum absolute atomic E-state index is 13.0. The third kappa shape index (κ3) is 3.86.